The van der Waals surface area contributed by atoms with E-state index in [1.807, 2.05) is 0 Å². The van der Waals surface area contributed by atoms with Gasteiger partial charge in [0.2, 0.25) is 12.2 Å². The van der Waals surface area contributed by atoms with Crippen LogP contribution >= 0.6 is 0 Å². The van der Waals surface area contributed by atoms with Gasteiger partial charge in [0.25, 0.3) is 0 Å². The van der Waals surface area contributed by atoms with Gasteiger partial charge in [0.05, 0.1) is 26.3 Å². The average Bonchev–Trinajstić information content (AvgIpc) is 2.81. The van der Waals surface area contributed by atoms with E-state index in [0.717, 1.165) is 11.1 Å². The van der Waals surface area contributed by atoms with Gasteiger partial charge in [-0.25, -0.2) is 29.2 Å². The Balaban J connectivity index is 1.68. The van der Waals surface area contributed by atoms with Crippen molar-refractivity contribution in [3.05, 3.63) is 59.7 Å². The van der Waals surface area contributed by atoms with Crippen LogP contribution in [0.25, 0.3) is 0 Å². The molecule has 35 heavy (non-hydrogen) atoms. The van der Waals surface area contributed by atoms with Crippen LogP contribution in [0.15, 0.2) is 58.5 Å². The van der Waals surface area contributed by atoms with Crippen LogP contribution in [0.4, 0.5) is 21.0 Å². The van der Waals surface area contributed by atoms with Gasteiger partial charge in [-0.1, -0.05) is 24.3 Å². The van der Waals surface area contributed by atoms with Crippen molar-refractivity contribution in [3.8, 4) is 0 Å². The van der Waals surface area contributed by atoms with E-state index in [4.69, 9.17) is 14.2 Å². The number of amides is 2. The minimum atomic E-state index is -0.665. The summed E-state index contributed by atoms with van der Waals surface area (Å²) in [5, 5.41) is 5.19. The van der Waals surface area contributed by atoms with Gasteiger partial charge in [0.15, 0.2) is 0 Å². The Morgan fingerprint density at radius 1 is 0.800 bits per heavy atom. The lowest BCUT2D eigenvalue weighted by molar-refractivity contribution is -0.00472. The topological polar surface area (TPSA) is 145 Å². The van der Waals surface area contributed by atoms with Crippen molar-refractivity contribution in [1.29, 1.82) is 0 Å². The van der Waals surface area contributed by atoms with Gasteiger partial charge in [0, 0.05) is 11.4 Å². The fourth-order valence-electron chi connectivity index (χ4n) is 2.87. The van der Waals surface area contributed by atoms with Crippen LogP contribution in [0.5, 0.6) is 0 Å². The largest absolute Gasteiger partial charge is 0.444 e. The van der Waals surface area contributed by atoms with Crippen LogP contribution in [0.2, 0.25) is 0 Å². The summed E-state index contributed by atoms with van der Waals surface area (Å²) < 4.78 is 16.0. The Labute approximate surface area is 202 Å². The minimum absolute atomic E-state index is 0.0934. The third-order valence-corrected chi connectivity index (χ3v) is 4.32. The lowest BCUT2D eigenvalue weighted by Crippen LogP contribution is -2.28. The Morgan fingerprint density at radius 3 is 1.63 bits per heavy atom. The summed E-state index contributed by atoms with van der Waals surface area (Å²) in [7, 11) is 0. The molecule has 0 aliphatic rings. The maximum absolute atomic E-state index is 12.1. The highest BCUT2D eigenvalue weighted by Crippen LogP contribution is 2.13. The molecular weight excluding hydrogens is 456 g/mol. The summed E-state index contributed by atoms with van der Waals surface area (Å²) in [5.74, 6) is 0. The van der Waals surface area contributed by atoms with Gasteiger partial charge in [-0.2, -0.15) is 0 Å². The third-order valence-electron chi connectivity index (χ3n) is 4.32. The monoisotopic (exact) mass is 482 g/mol. The second kappa shape index (κ2) is 14.8. The summed E-state index contributed by atoms with van der Waals surface area (Å²) in [6.07, 6.45) is 0.477. The summed E-state index contributed by atoms with van der Waals surface area (Å²) in [4.78, 5) is 51.6. The molecule has 11 nitrogen and oxygen atoms in total. The third kappa shape index (κ3) is 10.9. The molecule has 2 atom stereocenters. The molecule has 2 unspecified atom stereocenters. The zero-order valence-electron chi connectivity index (χ0n) is 19.4. The molecule has 2 aromatic rings. The van der Waals surface area contributed by atoms with E-state index >= 15 is 0 Å². The Bertz CT molecular complexity index is 1010. The van der Waals surface area contributed by atoms with Crippen molar-refractivity contribution < 1.29 is 33.4 Å². The number of aliphatic imine (C=N–C) groups is 2. The highest BCUT2D eigenvalue weighted by atomic mass is 16.6. The molecule has 0 fully saturated rings. The second-order valence-electron chi connectivity index (χ2n) is 7.44. The van der Waals surface area contributed by atoms with Crippen LogP contribution in [-0.4, -0.2) is 49.8 Å². The zero-order chi connectivity index (χ0) is 25.5. The van der Waals surface area contributed by atoms with Gasteiger partial charge in [0.1, 0.15) is 12.2 Å². The Hall–Kier alpha value is -4.30. The SMILES string of the molecule is CC(COCC(C)OC(=O)Nc1cccc(CN=C=O)c1)OC(=O)Nc1cccc(CN=C=O)c1. The quantitative estimate of drug-likeness (QED) is 0.344. The highest BCUT2D eigenvalue weighted by molar-refractivity contribution is 5.85. The van der Waals surface area contributed by atoms with E-state index in [-0.39, 0.29) is 26.3 Å². The normalized spacial score (nSPS) is 11.7. The van der Waals surface area contributed by atoms with Crippen LogP contribution in [-0.2, 0) is 36.9 Å². The van der Waals surface area contributed by atoms with Crippen LogP contribution in [0, 0.1) is 0 Å². The molecule has 0 aromatic heterocycles. The summed E-state index contributed by atoms with van der Waals surface area (Å²) in [6.45, 7) is 3.84. The van der Waals surface area contributed by atoms with Gasteiger partial charge < -0.3 is 14.2 Å². The molecule has 2 N–H and O–H groups in total. The van der Waals surface area contributed by atoms with Gasteiger partial charge in [-0.3, -0.25) is 10.6 Å². The molecule has 0 aliphatic heterocycles. The fraction of sp³-hybridized carbons (Fsp3) is 0.333. The van der Waals surface area contributed by atoms with Gasteiger partial charge in [-0.05, 0) is 49.2 Å². The molecule has 0 aliphatic carbocycles. The molecule has 0 saturated heterocycles. The molecule has 0 spiro atoms. The van der Waals surface area contributed by atoms with Crippen molar-refractivity contribution in [2.75, 3.05) is 23.8 Å². The molecule has 184 valence electrons. The maximum Gasteiger partial charge on any atom is 0.411 e. The Morgan fingerprint density at radius 2 is 1.23 bits per heavy atom. The second-order valence-corrected chi connectivity index (χ2v) is 7.44. The summed E-state index contributed by atoms with van der Waals surface area (Å²) in [5.41, 5.74) is 2.47. The number of isocyanates is 2. The number of benzene rings is 2. The number of anilines is 2. The van der Waals surface area contributed by atoms with E-state index in [9.17, 15) is 19.2 Å². The number of nitrogens with one attached hydrogen (secondary N) is 2. The first-order valence-corrected chi connectivity index (χ1v) is 10.7. The molecule has 0 bridgehead atoms. The summed E-state index contributed by atoms with van der Waals surface area (Å²) >= 11 is 0. The van der Waals surface area contributed by atoms with E-state index in [1.54, 1.807) is 62.4 Å². The first-order valence-electron chi connectivity index (χ1n) is 10.7. The van der Waals surface area contributed by atoms with Crippen molar-refractivity contribution in [1.82, 2.24) is 0 Å². The molecular formula is C24H26N4O7. The molecule has 2 aromatic carbocycles. The maximum atomic E-state index is 12.1. The minimum Gasteiger partial charge on any atom is -0.444 e. The average molecular weight is 482 g/mol. The predicted molar refractivity (Wildman–Crippen MR) is 126 cm³/mol. The Kier molecular flexibility index (Phi) is 11.4. The van der Waals surface area contributed by atoms with Gasteiger partial charge >= 0.3 is 12.2 Å². The number of hydrogen-bond donors (Lipinski definition) is 2. The van der Waals surface area contributed by atoms with Gasteiger partial charge in [-0.15, -0.1) is 0 Å². The number of carbonyl (C=O) groups excluding carboxylic acids is 4. The van der Waals surface area contributed by atoms with Crippen molar-refractivity contribution >= 4 is 35.7 Å². The zero-order valence-corrected chi connectivity index (χ0v) is 19.4. The predicted octanol–water partition coefficient (Wildman–Crippen LogP) is 3.95. The molecule has 0 saturated carbocycles. The smallest absolute Gasteiger partial charge is 0.411 e. The fourth-order valence-corrected chi connectivity index (χ4v) is 2.87. The number of nitrogens with zero attached hydrogens (tertiary/aromatic N) is 2. The molecule has 11 heteroatoms. The first-order chi connectivity index (χ1) is 16.9. The number of ether oxygens (including phenoxy) is 3. The van der Waals surface area contributed by atoms with E-state index in [0.29, 0.717) is 11.4 Å². The highest BCUT2D eigenvalue weighted by Gasteiger charge is 2.14. The van der Waals surface area contributed by atoms with Crippen LogP contribution in [0.3, 0.4) is 0 Å². The van der Waals surface area contributed by atoms with Crippen molar-refractivity contribution in [2.45, 2.75) is 39.1 Å². The molecule has 0 radical (unpaired) electrons. The number of rotatable bonds is 12. The first kappa shape index (κ1) is 26.9. The lowest BCUT2D eigenvalue weighted by Gasteiger charge is -2.17. The van der Waals surface area contributed by atoms with Crippen LogP contribution in [0.1, 0.15) is 25.0 Å². The number of hydrogen-bond acceptors (Lipinski definition) is 9. The summed E-state index contributed by atoms with van der Waals surface area (Å²) in [6, 6.07) is 13.7. The van der Waals surface area contributed by atoms with Crippen LogP contribution < -0.4 is 10.6 Å². The van der Waals surface area contributed by atoms with E-state index in [1.165, 1.54) is 12.2 Å². The molecule has 2 rings (SSSR count). The van der Waals surface area contributed by atoms with Crippen molar-refractivity contribution in [3.63, 3.8) is 0 Å². The lowest BCUT2D eigenvalue weighted by atomic mass is 10.2. The van der Waals surface area contributed by atoms with E-state index in [2.05, 4.69) is 20.6 Å². The standard InChI is InChI=1S/C24H26N4O7/c1-17(34-23(31)27-21-7-3-5-19(9-21)11-25-15-29)13-33-14-18(2)35-24(32)28-22-8-4-6-20(10-22)12-26-16-30/h3-10,17-18H,11-14H2,1-2H3,(H,27,31)(H,28,32). The number of carbonyl (C=O) groups is 2. The molecule has 0 heterocycles. The molecule has 2 amide bonds. The van der Waals surface area contributed by atoms with E-state index < -0.39 is 24.4 Å². The van der Waals surface area contributed by atoms with Crippen molar-refractivity contribution in [2.24, 2.45) is 9.98 Å².